The number of anilines is 1. The van der Waals surface area contributed by atoms with Gasteiger partial charge in [-0.15, -0.1) is 0 Å². The van der Waals surface area contributed by atoms with Gasteiger partial charge in [-0.3, -0.25) is 9.59 Å². The van der Waals surface area contributed by atoms with Gasteiger partial charge in [0.2, 0.25) is 5.78 Å². The van der Waals surface area contributed by atoms with E-state index in [4.69, 9.17) is 0 Å². The highest BCUT2D eigenvalue weighted by Gasteiger charge is 2.24. The second kappa shape index (κ2) is 7.30. The lowest BCUT2D eigenvalue weighted by molar-refractivity contribution is -0.117. The molecule has 4 nitrogen and oxygen atoms in total. The summed E-state index contributed by atoms with van der Waals surface area (Å²) in [4.78, 5) is 26.7. The molecule has 0 unspecified atom stereocenters. The first-order valence-electron chi connectivity index (χ1n) is 8.35. The molecule has 4 heteroatoms. The molecule has 0 saturated carbocycles. The number of piperidine rings is 1. The van der Waals surface area contributed by atoms with Crippen LogP contribution in [-0.2, 0) is 4.79 Å². The van der Waals surface area contributed by atoms with Gasteiger partial charge >= 0.3 is 0 Å². The predicted molar refractivity (Wildman–Crippen MR) is 95.3 cm³/mol. The standard InChI is InChI=1S/C20H22N2O2/c1-15-7-9-16(10-8-15)19(23)20(24)21-17-11-13-22(14-12-17)18-5-3-2-4-6-18/h2-10,17H,11-14H2,1H3,(H,21,24). The molecule has 3 rings (SSSR count). The van der Waals surface area contributed by atoms with Gasteiger partial charge in [-0.25, -0.2) is 0 Å². The third-order valence-electron chi connectivity index (χ3n) is 4.47. The molecule has 1 saturated heterocycles. The zero-order chi connectivity index (χ0) is 16.9. The molecule has 24 heavy (non-hydrogen) atoms. The first-order chi connectivity index (χ1) is 11.6. The Balaban J connectivity index is 1.53. The lowest BCUT2D eigenvalue weighted by Gasteiger charge is -2.33. The van der Waals surface area contributed by atoms with Gasteiger partial charge in [0.1, 0.15) is 0 Å². The van der Waals surface area contributed by atoms with Crippen molar-refractivity contribution in [2.75, 3.05) is 18.0 Å². The summed E-state index contributed by atoms with van der Waals surface area (Å²) in [5, 5.41) is 2.89. The smallest absolute Gasteiger partial charge is 0.292 e. The summed E-state index contributed by atoms with van der Waals surface area (Å²) in [6.45, 7) is 3.72. The van der Waals surface area contributed by atoms with Crippen molar-refractivity contribution < 1.29 is 9.59 Å². The van der Waals surface area contributed by atoms with Crippen LogP contribution >= 0.6 is 0 Å². The largest absolute Gasteiger partial charge is 0.371 e. The van der Waals surface area contributed by atoms with E-state index in [-0.39, 0.29) is 6.04 Å². The van der Waals surface area contributed by atoms with E-state index in [1.807, 2.05) is 37.3 Å². The average molecular weight is 322 g/mol. The zero-order valence-corrected chi connectivity index (χ0v) is 13.9. The number of nitrogens with one attached hydrogen (secondary N) is 1. The Labute approximate surface area is 142 Å². The van der Waals surface area contributed by atoms with Crippen molar-refractivity contribution in [2.24, 2.45) is 0 Å². The molecule has 0 atom stereocenters. The summed E-state index contributed by atoms with van der Waals surface area (Å²) < 4.78 is 0. The number of nitrogens with zero attached hydrogens (tertiary/aromatic N) is 1. The lowest BCUT2D eigenvalue weighted by atomic mass is 10.0. The van der Waals surface area contributed by atoms with E-state index >= 15 is 0 Å². The molecular formula is C20H22N2O2. The summed E-state index contributed by atoms with van der Waals surface area (Å²) in [6, 6.07) is 17.4. The quantitative estimate of drug-likeness (QED) is 0.695. The average Bonchev–Trinajstić information content (AvgIpc) is 2.63. The maximum absolute atomic E-state index is 12.2. The first-order valence-corrected chi connectivity index (χ1v) is 8.35. The molecule has 2 aromatic rings. The van der Waals surface area contributed by atoms with Crippen molar-refractivity contribution in [1.29, 1.82) is 0 Å². The third-order valence-corrected chi connectivity index (χ3v) is 4.47. The van der Waals surface area contributed by atoms with Gasteiger partial charge in [0, 0.05) is 30.4 Å². The molecule has 124 valence electrons. The number of carbonyl (C=O) groups is 2. The highest BCUT2D eigenvalue weighted by atomic mass is 16.2. The molecule has 1 amide bonds. The molecule has 0 bridgehead atoms. The number of benzene rings is 2. The number of rotatable bonds is 4. The summed E-state index contributed by atoms with van der Waals surface area (Å²) >= 11 is 0. The molecule has 1 aliphatic heterocycles. The molecule has 0 spiro atoms. The van der Waals surface area contributed by atoms with E-state index in [1.54, 1.807) is 12.1 Å². The van der Waals surface area contributed by atoms with Crippen molar-refractivity contribution in [2.45, 2.75) is 25.8 Å². The maximum atomic E-state index is 12.2. The number of carbonyl (C=O) groups excluding carboxylic acids is 2. The molecule has 1 N–H and O–H groups in total. The van der Waals surface area contributed by atoms with Gasteiger partial charge in [-0.2, -0.15) is 0 Å². The van der Waals surface area contributed by atoms with Crippen LogP contribution in [0.2, 0.25) is 0 Å². The number of hydrogen-bond donors (Lipinski definition) is 1. The fourth-order valence-electron chi connectivity index (χ4n) is 3.01. The van der Waals surface area contributed by atoms with Gasteiger partial charge < -0.3 is 10.2 Å². The van der Waals surface area contributed by atoms with Crippen LogP contribution in [0.4, 0.5) is 5.69 Å². The van der Waals surface area contributed by atoms with Crippen LogP contribution in [0.3, 0.4) is 0 Å². The highest BCUT2D eigenvalue weighted by molar-refractivity contribution is 6.42. The van der Waals surface area contributed by atoms with Gasteiger partial charge in [0.15, 0.2) is 0 Å². The number of amides is 1. The molecule has 0 radical (unpaired) electrons. The predicted octanol–water partition coefficient (Wildman–Crippen LogP) is 2.96. The summed E-state index contributed by atoms with van der Waals surface area (Å²) in [6.07, 6.45) is 1.70. The fourth-order valence-corrected chi connectivity index (χ4v) is 3.01. The van der Waals surface area contributed by atoms with Crippen molar-refractivity contribution in [3.05, 3.63) is 65.7 Å². The van der Waals surface area contributed by atoms with Crippen molar-refractivity contribution in [3.63, 3.8) is 0 Å². The Kier molecular flexibility index (Phi) is 4.94. The molecule has 1 heterocycles. The number of hydrogen-bond acceptors (Lipinski definition) is 3. The van der Waals surface area contributed by atoms with Crippen LogP contribution in [0.1, 0.15) is 28.8 Å². The summed E-state index contributed by atoms with van der Waals surface area (Å²) in [5.41, 5.74) is 2.72. The second-order valence-electron chi connectivity index (χ2n) is 6.27. The van der Waals surface area contributed by atoms with Gasteiger partial charge in [-0.1, -0.05) is 48.0 Å². The number of ketones is 1. The van der Waals surface area contributed by atoms with E-state index in [0.29, 0.717) is 5.56 Å². The molecule has 2 aromatic carbocycles. The molecule has 1 aliphatic rings. The molecule has 1 fully saturated rings. The first kappa shape index (κ1) is 16.2. The topological polar surface area (TPSA) is 49.4 Å². The number of Topliss-reactive ketones (excluding diaryl/α,β-unsaturated/α-hetero) is 1. The van der Waals surface area contributed by atoms with Crippen LogP contribution in [0, 0.1) is 6.92 Å². The van der Waals surface area contributed by atoms with E-state index in [0.717, 1.165) is 31.5 Å². The van der Waals surface area contributed by atoms with Crippen LogP contribution in [-0.4, -0.2) is 30.8 Å². The Morgan fingerprint density at radius 3 is 2.21 bits per heavy atom. The van der Waals surface area contributed by atoms with Crippen LogP contribution in [0.25, 0.3) is 0 Å². The van der Waals surface area contributed by atoms with E-state index in [9.17, 15) is 9.59 Å². The molecular weight excluding hydrogens is 300 g/mol. The Morgan fingerprint density at radius 2 is 1.58 bits per heavy atom. The van der Waals surface area contributed by atoms with Crippen LogP contribution < -0.4 is 10.2 Å². The van der Waals surface area contributed by atoms with Gasteiger partial charge in [0.25, 0.3) is 5.91 Å². The Hall–Kier alpha value is -2.62. The summed E-state index contributed by atoms with van der Waals surface area (Å²) in [7, 11) is 0. The SMILES string of the molecule is Cc1ccc(C(=O)C(=O)NC2CCN(c3ccccc3)CC2)cc1. The minimum absolute atomic E-state index is 0.0619. The Bertz CT molecular complexity index is 702. The van der Waals surface area contributed by atoms with E-state index in [2.05, 4.69) is 22.3 Å². The lowest BCUT2D eigenvalue weighted by Crippen LogP contribution is -2.46. The van der Waals surface area contributed by atoms with Crippen LogP contribution in [0.15, 0.2) is 54.6 Å². The monoisotopic (exact) mass is 322 g/mol. The van der Waals surface area contributed by atoms with Crippen molar-refractivity contribution >= 4 is 17.4 Å². The second-order valence-corrected chi connectivity index (χ2v) is 6.27. The zero-order valence-electron chi connectivity index (χ0n) is 13.9. The van der Waals surface area contributed by atoms with Gasteiger partial charge in [0.05, 0.1) is 0 Å². The highest BCUT2D eigenvalue weighted by Crippen LogP contribution is 2.19. The Morgan fingerprint density at radius 1 is 0.958 bits per heavy atom. The fraction of sp³-hybridized carbons (Fsp3) is 0.300. The van der Waals surface area contributed by atoms with E-state index < -0.39 is 11.7 Å². The number of para-hydroxylation sites is 1. The van der Waals surface area contributed by atoms with Crippen LogP contribution in [0.5, 0.6) is 0 Å². The third kappa shape index (κ3) is 3.82. The molecule has 0 aliphatic carbocycles. The molecule has 0 aromatic heterocycles. The summed E-state index contributed by atoms with van der Waals surface area (Å²) in [5.74, 6) is -0.961. The number of aryl methyl sites for hydroxylation is 1. The van der Waals surface area contributed by atoms with Gasteiger partial charge in [-0.05, 0) is 31.9 Å². The van der Waals surface area contributed by atoms with Crippen molar-refractivity contribution in [1.82, 2.24) is 5.32 Å². The minimum Gasteiger partial charge on any atom is -0.371 e. The normalized spacial score (nSPS) is 15.1. The minimum atomic E-state index is -0.503. The van der Waals surface area contributed by atoms with E-state index in [1.165, 1.54) is 5.69 Å². The van der Waals surface area contributed by atoms with Crippen molar-refractivity contribution in [3.8, 4) is 0 Å². The maximum Gasteiger partial charge on any atom is 0.292 e.